The number of morpholine rings is 1. The summed E-state index contributed by atoms with van der Waals surface area (Å²) >= 11 is 7.44. The van der Waals surface area contributed by atoms with Crippen molar-refractivity contribution >= 4 is 34.8 Å². The molecule has 0 saturated carbocycles. The summed E-state index contributed by atoms with van der Waals surface area (Å²) in [6.07, 6.45) is 0. The van der Waals surface area contributed by atoms with Crippen LogP contribution in [0, 0.1) is 0 Å². The summed E-state index contributed by atoms with van der Waals surface area (Å²) in [5, 5.41) is 12.0. The first-order valence-corrected chi connectivity index (χ1v) is 8.15. The largest absolute Gasteiger partial charge is 0.480 e. The summed E-state index contributed by atoms with van der Waals surface area (Å²) in [6.45, 7) is 0.536. The van der Waals surface area contributed by atoms with Crippen LogP contribution in [0.5, 0.6) is 0 Å². The van der Waals surface area contributed by atoms with E-state index >= 15 is 0 Å². The fourth-order valence-corrected chi connectivity index (χ4v) is 3.44. The highest BCUT2D eigenvalue weighted by Gasteiger charge is 2.34. The van der Waals surface area contributed by atoms with Gasteiger partial charge < -0.3 is 14.7 Å². The van der Waals surface area contributed by atoms with Crippen LogP contribution in [-0.4, -0.2) is 52.7 Å². The molecule has 3 rings (SSSR count). The highest BCUT2D eigenvalue weighted by molar-refractivity contribution is 7.13. The SMILES string of the molecule is O=C(O)[C@H]1COCCN1C(=O)c1csc(-c2ccccc2Cl)n1. The number of carbonyl (C=O) groups excluding carboxylic acids is 1. The maximum absolute atomic E-state index is 12.6. The molecule has 0 spiro atoms. The monoisotopic (exact) mass is 352 g/mol. The van der Waals surface area contributed by atoms with E-state index in [9.17, 15) is 14.7 Å². The first-order valence-electron chi connectivity index (χ1n) is 6.90. The van der Waals surface area contributed by atoms with Gasteiger partial charge in [0.2, 0.25) is 0 Å². The molecule has 1 aromatic carbocycles. The van der Waals surface area contributed by atoms with Crippen LogP contribution in [0.3, 0.4) is 0 Å². The lowest BCUT2D eigenvalue weighted by molar-refractivity contribution is -0.147. The standard InChI is InChI=1S/C15H13ClN2O4S/c16-10-4-2-1-3-9(10)13-17-11(8-23-13)14(19)18-5-6-22-7-12(18)15(20)21/h1-4,8,12H,5-7H2,(H,20,21)/t12-/m1/s1. The third-order valence-corrected chi connectivity index (χ3v) is 4.71. The van der Waals surface area contributed by atoms with Gasteiger partial charge >= 0.3 is 5.97 Å². The number of carboxylic acid groups (broad SMARTS) is 1. The van der Waals surface area contributed by atoms with Crippen LogP contribution >= 0.6 is 22.9 Å². The zero-order valence-electron chi connectivity index (χ0n) is 11.9. The molecule has 1 aliphatic heterocycles. The molecular formula is C15H13ClN2O4S. The minimum absolute atomic E-state index is 0.0113. The number of hydrogen-bond donors (Lipinski definition) is 1. The topological polar surface area (TPSA) is 79.7 Å². The zero-order chi connectivity index (χ0) is 16.4. The lowest BCUT2D eigenvalue weighted by Gasteiger charge is -2.32. The van der Waals surface area contributed by atoms with Crippen molar-refractivity contribution in [2.24, 2.45) is 0 Å². The van der Waals surface area contributed by atoms with Crippen molar-refractivity contribution in [3.05, 3.63) is 40.4 Å². The molecule has 23 heavy (non-hydrogen) atoms. The predicted molar refractivity (Wildman–Crippen MR) is 85.8 cm³/mol. The van der Waals surface area contributed by atoms with E-state index in [0.717, 1.165) is 5.56 Å². The molecule has 1 aliphatic rings. The van der Waals surface area contributed by atoms with Gasteiger partial charge in [-0.3, -0.25) is 4.79 Å². The number of nitrogens with zero attached hydrogens (tertiary/aromatic N) is 2. The van der Waals surface area contributed by atoms with Gasteiger partial charge in [0.25, 0.3) is 5.91 Å². The maximum atomic E-state index is 12.6. The minimum atomic E-state index is -1.08. The number of aromatic nitrogens is 1. The van der Waals surface area contributed by atoms with E-state index in [2.05, 4.69) is 4.98 Å². The average molecular weight is 353 g/mol. The number of aliphatic carboxylic acids is 1. The number of thiazole rings is 1. The Morgan fingerprint density at radius 2 is 2.17 bits per heavy atom. The Morgan fingerprint density at radius 3 is 2.91 bits per heavy atom. The number of halogens is 1. The molecule has 0 unspecified atom stereocenters. The molecule has 2 heterocycles. The van der Waals surface area contributed by atoms with Crippen LogP contribution in [0.2, 0.25) is 5.02 Å². The Bertz CT molecular complexity index is 749. The number of carboxylic acids is 1. The molecule has 8 heteroatoms. The second-order valence-electron chi connectivity index (χ2n) is 4.95. The van der Waals surface area contributed by atoms with Crippen molar-refractivity contribution in [2.75, 3.05) is 19.8 Å². The molecule has 0 radical (unpaired) electrons. The average Bonchev–Trinajstić information content (AvgIpc) is 3.04. The Morgan fingerprint density at radius 1 is 1.39 bits per heavy atom. The molecule has 1 amide bonds. The van der Waals surface area contributed by atoms with Gasteiger partial charge in [-0.2, -0.15) is 0 Å². The first kappa shape index (κ1) is 15.9. The maximum Gasteiger partial charge on any atom is 0.328 e. The lowest BCUT2D eigenvalue weighted by Crippen LogP contribution is -2.52. The molecule has 1 aromatic heterocycles. The van der Waals surface area contributed by atoms with Gasteiger partial charge in [-0.1, -0.05) is 29.8 Å². The summed E-state index contributed by atoms with van der Waals surface area (Å²) < 4.78 is 5.14. The van der Waals surface area contributed by atoms with Crippen molar-refractivity contribution in [3.63, 3.8) is 0 Å². The molecule has 0 aliphatic carbocycles. The van der Waals surface area contributed by atoms with E-state index in [1.54, 1.807) is 11.4 Å². The summed E-state index contributed by atoms with van der Waals surface area (Å²) in [6, 6.07) is 6.25. The third kappa shape index (κ3) is 3.21. The molecule has 120 valence electrons. The molecule has 6 nitrogen and oxygen atoms in total. The number of hydrogen-bond acceptors (Lipinski definition) is 5. The van der Waals surface area contributed by atoms with Gasteiger partial charge in [0.15, 0.2) is 6.04 Å². The summed E-state index contributed by atoms with van der Waals surface area (Å²) in [7, 11) is 0. The summed E-state index contributed by atoms with van der Waals surface area (Å²) in [4.78, 5) is 29.4. The molecule has 1 N–H and O–H groups in total. The van der Waals surface area contributed by atoms with Crippen LogP contribution in [0.1, 0.15) is 10.5 Å². The van der Waals surface area contributed by atoms with Crippen molar-refractivity contribution in [1.82, 2.24) is 9.88 Å². The van der Waals surface area contributed by atoms with Crippen LogP contribution in [0.15, 0.2) is 29.6 Å². The molecule has 1 fully saturated rings. The van der Waals surface area contributed by atoms with E-state index in [4.69, 9.17) is 16.3 Å². The Kier molecular flexibility index (Phi) is 4.61. The summed E-state index contributed by atoms with van der Waals surface area (Å²) in [5.41, 5.74) is 0.966. The second kappa shape index (κ2) is 6.66. The van der Waals surface area contributed by atoms with Gasteiger partial charge in [-0.05, 0) is 6.07 Å². The van der Waals surface area contributed by atoms with Crippen molar-refractivity contribution < 1.29 is 19.4 Å². The van der Waals surface area contributed by atoms with E-state index < -0.39 is 17.9 Å². The van der Waals surface area contributed by atoms with Gasteiger partial charge in [-0.25, -0.2) is 9.78 Å². The van der Waals surface area contributed by atoms with Gasteiger partial charge in [0.1, 0.15) is 10.7 Å². The Labute approximate surface area is 141 Å². The van der Waals surface area contributed by atoms with Crippen molar-refractivity contribution in [1.29, 1.82) is 0 Å². The van der Waals surface area contributed by atoms with E-state index in [1.807, 2.05) is 18.2 Å². The van der Waals surface area contributed by atoms with Crippen LogP contribution in [-0.2, 0) is 9.53 Å². The fraction of sp³-hybridized carbons (Fsp3) is 0.267. The number of rotatable bonds is 3. The normalized spacial score (nSPS) is 18.0. The molecule has 1 saturated heterocycles. The number of amides is 1. The predicted octanol–water partition coefficient (Wildman–Crippen LogP) is 2.39. The highest BCUT2D eigenvalue weighted by Crippen LogP contribution is 2.30. The van der Waals surface area contributed by atoms with Crippen molar-refractivity contribution in [3.8, 4) is 10.6 Å². The van der Waals surface area contributed by atoms with Gasteiger partial charge in [-0.15, -0.1) is 11.3 Å². The molecule has 1 atom stereocenters. The lowest BCUT2D eigenvalue weighted by atomic mass is 10.2. The fourth-order valence-electron chi connectivity index (χ4n) is 2.33. The van der Waals surface area contributed by atoms with Crippen LogP contribution in [0.25, 0.3) is 10.6 Å². The van der Waals surface area contributed by atoms with Gasteiger partial charge in [0, 0.05) is 17.5 Å². The Hall–Kier alpha value is -1.96. The van der Waals surface area contributed by atoms with Gasteiger partial charge in [0.05, 0.1) is 18.2 Å². The van der Waals surface area contributed by atoms with Crippen molar-refractivity contribution in [2.45, 2.75) is 6.04 Å². The summed E-state index contributed by atoms with van der Waals surface area (Å²) in [5.74, 6) is -1.49. The van der Waals surface area contributed by atoms with E-state index in [-0.39, 0.29) is 18.8 Å². The smallest absolute Gasteiger partial charge is 0.328 e. The minimum Gasteiger partial charge on any atom is -0.480 e. The van der Waals surface area contributed by atoms with Crippen LogP contribution < -0.4 is 0 Å². The number of benzene rings is 1. The van der Waals surface area contributed by atoms with E-state index in [0.29, 0.717) is 16.6 Å². The van der Waals surface area contributed by atoms with E-state index in [1.165, 1.54) is 16.2 Å². The van der Waals surface area contributed by atoms with Crippen LogP contribution in [0.4, 0.5) is 0 Å². The zero-order valence-corrected chi connectivity index (χ0v) is 13.5. The first-order chi connectivity index (χ1) is 11.1. The second-order valence-corrected chi connectivity index (χ2v) is 6.21. The number of ether oxygens (including phenoxy) is 1. The third-order valence-electron chi connectivity index (χ3n) is 3.50. The molecular weight excluding hydrogens is 340 g/mol. The highest BCUT2D eigenvalue weighted by atomic mass is 35.5. The molecule has 0 bridgehead atoms. The Balaban J connectivity index is 1.86. The number of carbonyl (C=O) groups is 2. The molecule has 2 aromatic rings. The quantitative estimate of drug-likeness (QED) is 0.917.